The van der Waals surface area contributed by atoms with E-state index < -0.39 is 0 Å². The lowest BCUT2D eigenvalue weighted by Gasteiger charge is -2.29. The summed E-state index contributed by atoms with van der Waals surface area (Å²) in [5.41, 5.74) is 7.41. The van der Waals surface area contributed by atoms with Gasteiger partial charge in [0.15, 0.2) is 0 Å². The highest BCUT2D eigenvalue weighted by atomic mass is 32.2. The Morgan fingerprint density at radius 3 is 3.14 bits per heavy atom. The second kappa shape index (κ2) is 5.35. The molecule has 2 atom stereocenters. The van der Waals surface area contributed by atoms with E-state index in [1.807, 2.05) is 11.8 Å². The van der Waals surface area contributed by atoms with Crippen molar-refractivity contribution < 1.29 is 0 Å². The number of aromatic nitrogens is 3. The second-order valence-corrected chi connectivity index (χ2v) is 6.83. The Morgan fingerprint density at radius 1 is 1.33 bits per heavy atom. The first-order chi connectivity index (χ1) is 10.3. The lowest BCUT2D eigenvalue weighted by molar-refractivity contribution is 0.500. The van der Waals surface area contributed by atoms with Gasteiger partial charge in [-0.1, -0.05) is 18.2 Å². The van der Waals surface area contributed by atoms with E-state index in [4.69, 9.17) is 10.7 Å². The van der Waals surface area contributed by atoms with E-state index in [2.05, 4.69) is 39.4 Å². The third-order valence-corrected chi connectivity index (χ3v) is 5.44. The third-order valence-electron chi connectivity index (χ3n) is 4.26. The molecule has 1 aromatic carbocycles. The molecule has 2 unspecified atom stereocenters. The summed E-state index contributed by atoms with van der Waals surface area (Å²) in [6.07, 6.45) is 2.22. The van der Waals surface area contributed by atoms with Crippen LogP contribution in [-0.4, -0.2) is 40.1 Å². The molecule has 3 heterocycles. The number of thioether (sulfide) groups is 1. The van der Waals surface area contributed by atoms with Crippen LogP contribution in [0, 0.1) is 0 Å². The van der Waals surface area contributed by atoms with Crippen LogP contribution in [0.3, 0.4) is 0 Å². The van der Waals surface area contributed by atoms with E-state index in [1.165, 1.54) is 10.5 Å². The molecule has 4 rings (SSSR count). The Kier molecular flexibility index (Phi) is 3.35. The molecule has 1 aromatic heterocycles. The molecule has 1 fully saturated rings. The van der Waals surface area contributed by atoms with Gasteiger partial charge in [-0.25, -0.2) is 0 Å². The first-order valence-corrected chi connectivity index (χ1v) is 8.44. The Bertz CT molecular complexity index is 640. The normalized spacial score (nSPS) is 25.1. The highest BCUT2D eigenvalue weighted by molar-refractivity contribution is 7.99. The number of aromatic amines is 1. The van der Waals surface area contributed by atoms with E-state index in [0.717, 1.165) is 43.5 Å². The second-order valence-electron chi connectivity index (χ2n) is 5.77. The van der Waals surface area contributed by atoms with Crippen LogP contribution in [-0.2, 0) is 0 Å². The van der Waals surface area contributed by atoms with Gasteiger partial charge in [0, 0.05) is 29.8 Å². The largest absolute Gasteiger partial charge is 0.338 e. The predicted molar refractivity (Wildman–Crippen MR) is 84.8 cm³/mol. The van der Waals surface area contributed by atoms with Gasteiger partial charge in [-0.3, -0.25) is 5.10 Å². The molecule has 5 nitrogen and oxygen atoms in total. The van der Waals surface area contributed by atoms with E-state index in [1.54, 1.807) is 0 Å². The molecule has 0 aliphatic carbocycles. The molecule has 0 radical (unpaired) electrons. The SMILES string of the molecule is NC1CCCN(c2n[nH]c(C3CSc4ccccc43)n2)C1. The van der Waals surface area contributed by atoms with Crippen LogP contribution in [0.5, 0.6) is 0 Å². The van der Waals surface area contributed by atoms with E-state index in [-0.39, 0.29) is 6.04 Å². The maximum absolute atomic E-state index is 6.04. The predicted octanol–water partition coefficient (Wildman–Crippen LogP) is 1.97. The summed E-state index contributed by atoms with van der Waals surface area (Å²) in [6.45, 7) is 1.86. The summed E-state index contributed by atoms with van der Waals surface area (Å²) < 4.78 is 0. The zero-order valence-corrected chi connectivity index (χ0v) is 12.6. The van der Waals surface area contributed by atoms with Crippen molar-refractivity contribution in [3.63, 3.8) is 0 Å². The van der Waals surface area contributed by atoms with Crippen molar-refractivity contribution in [2.24, 2.45) is 5.73 Å². The lowest BCUT2D eigenvalue weighted by atomic mass is 10.0. The third kappa shape index (κ3) is 2.42. The zero-order chi connectivity index (χ0) is 14.2. The fourth-order valence-electron chi connectivity index (χ4n) is 3.14. The minimum atomic E-state index is 0.239. The van der Waals surface area contributed by atoms with Gasteiger partial charge >= 0.3 is 0 Å². The average molecular weight is 301 g/mol. The molecule has 1 saturated heterocycles. The summed E-state index contributed by atoms with van der Waals surface area (Å²) in [4.78, 5) is 8.30. The van der Waals surface area contributed by atoms with Gasteiger partial charge in [0.2, 0.25) is 5.95 Å². The van der Waals surface area contributed by atoms with Gasteiger partial charge in [0.1, 0.15) is 5.82 Å². The van der Waals surface area contributed by atoms with E-state index in [9.17, 15) is 0 Å². The molecule has 2 aliphatic heterocycles. The number of piperidine rings is 1. The molecule has 0 spiro atoms. The zero-order valence-electron chi connectivity index (χ0n) is 11.8. The van der Waals surface area contributed by atoms with Gasteiger partial charge in [-0.15, -0.1) is 16.9 Å². The fourth-order valence-corrected chi connectivity index (χ4v) is 4.38. The van der Waals surface area contributed by atoms with Gasteiger partial charge in [0.25, 0.3) is 0 Å². The fraction of sp³-hybridized carbons (Fsp3) is 0.467. The number of nitrogens with zero attached hydrogens (tertiary/aromatic N) is 3. The van der Waals surface area contributed by atoms with Crippen LogP contribution in [0.1, 0.15) is 30.1 Å². The van der Waals surface area contributed by atoms with E-state index >= 15 is 0 Å². The van der Waals surface area contributed by atoms with Crippen molar-refractivity contribution in [1.82, 2.24) is 15.2 Å². The maximum atomic E-state index is 6.04. The van der Waals surface area contributed by atoms with Crippen molar-refractivity contribution in [2.45, 2.75) is 29.7 Å². The molecular formula is C15H19N5S. The van der Waals surface area contributed by atoms with Crippen LogP contribution < -0.4 is 10.6 Å². The summed E-state index contributed by atoms with van der Waals surface area (Å²) in [5, 5.41) is 7.56. The average Bonchev–Trinajstić information content (AvgIpc) is 3.14. The Hall–Kier alpha value is -1.53. The smallest absolute Gasteiger partial charge is 0.244 e. The van der Waals surface area contributed by atoms with Gasteiger partial charge in [0.05, 0.1) is 5.92 Å². The van der Waals surface area contributed by atoms with Crippen LogP contribution >= 0.6 is 11.8 Å². The number of hydrogen-bond donors (Lipinski definition) is 2. The van der Waals surface area contributed by atoms with Gasteiger partial charge in [-0.2, -0.15) is 4.98 Å². The molecule has 0 bridgehead atoms. The van der Waals surface area contributed by atoms with E-state index in [0.29, 0.717) is 5.92 Å². The molecule has 0 amide bonds. The van der Waals surface area contributed by atoms with Crippen LogP contribution in [0.15, 0.2) is 29.2 Å². The standard InChI is InChI=1S/C15H19N5S/c16-10-4-3-7-20(8-10)15-17-14(18-19-15)12-9-21-13-6-2-1-5-11(12)13/h1-2,5-6,10,12H,3-4,7-9,16H2,(H,17,18,19). The number of nitrogens with one attached hydrogen (secondary N) is 1. The maximum Gasteiger partial charge on any atom is 0.244 e. The number of anilines is 1. The monoisotopic (exact) mass is 301 g/mol. The Balaban J connectivity index is 1.58. The molecular weight excluding hydrogens is 282 g/mol. The van der Waals surface area contributed by atoms with Gasteiger partial charge < -0.3 is 10.6 Å². The summed E-state index contributed by atoms with van der Waals surface area (Å²) >= 11 is 1.89. The first kappa shape index (κ1) is 13.2. The highest BCUT2D eigenvalue weighted by Crippen LogP contribution is 2.41. The number of benzene rings is 1. The molecule has 0 saturated carbocycles. The first-order valence-electron chi connectivity index (χ1n) is 7.46. The van der Waals surface area contributed by atoms with Crippen LogP contribution in [0.25, 0.3) is 0 Å². The summed E-state index contributed by atoms with van der Waals surface area (Å²) in [7, 11) is 0. The highest BCUT2D eigenvalue weighted by Gasteiger charge is 2.28. The minimum absolute atomic E-state index is 0.239. The van der Waals surface area contributed by atoms with Crippen molar-refractivity contribution in [3.05, 3.63) is 35.7 Å². The Labute approximate surface area is 128 Å². The lowest BCUT2D eigenvalue weighted by Crippen LogP contribution is -2.43. The topological polar surface area (TPSA) is 70.8 Å². The summed E-state index contributed by atoms with van der Waals surface area (Å²) in [5.74, 6) is 3.13. The van der Waals surface area contributed by atoms with Gasteiger partial charge in [-0.05, 0) is 24.5 Å². The molecule has 2 aliphatic rings. The molecule has 6 heteroatoms. The number of hydrogen-bond acceptors (Lipinski definition) is 5. The quantitative estimate of drug-likeness (QED) is 0.887. The number of nitrogens with two attached hydrogens (primary N) is 1. The summed E-state index contributed by atoms with van der Waals surface area (Å²) in [6, 6.07) is 8.80. The molecule has 2 aromatic rings. The number of fused-ring (bicyclic) bond motifs is 1. The Morgan fingerprint density at radius 2 is 2.24 bits per heavy atom. The van der Waals surface area contributed by atoms with Crippen molar-refractivity contribution >= 4 is 17.7 Å². The number of H-pyrrole nitrogens is 1. The van der Waals surface area contributed by atoms with Crippen molar-refractivity contribution in [1.29, 1.82) is 0 Å². The van der Waals surface area contributed by atoms with Crippen molar-refractivity contribution in [3.8, 4) is 0 Å². The van der Waals surface area contributed by atoms with Crippen molar-refractivity contribution in [2.75, 3.05) is 23.7 Å². The van der Waals surface area contributed by atoms with Crippen LogP contribution in [0.2, 0.25) is 0 Å². The van der Waals surface area contributed by atoms with Crippen LogP contribution in [0.4, 0.5) is 5.95 Å². The number of rotatable bonds is 2. The minimum Gasteiger partial charge on any atom is -0.338 e. The molecule has 3 N–H and O–H groups in total. The molecule has 110 valence electrons. The molecule has 21 heavy (non-hydrogen) atoms.